The van der Waals surface area contributed by atoms with Crippen LogP contribution in [0, 0.1) is 12.3 Å². The van der Waals surface area contributed by atoms with E-state index in [1.807, 2.05) is 0 Å². The van der Waals surface area contributed by atoms with Crippen molar-refractivity contribution in [3.8, 4) is 12.3 Å². The van der Waals surface area contributed by atoms with Crippen LogP contribution in [-0.2, 0) is 0 Å². The van der Waals surface area contributed by atoms with Crippen molar-refractivity contribution in [1.82, 2.24) is 0 Å². The van der Waals surface area contributed by atoms with Gasteiger partial charge in [-0.3, -0.25) is 0 Å². The molecule has 90 valence electrons. The van der Waals surface area contributed by atoms with Gasteiger partial charge >= 0.3 is 5.97 Å². The van der Waals surface area contributed by atoms with Crippen molar-refractivity contribution in [1.29, 1.82) is 0 Å². The fourth-order valence-electron chi connectivity index (χ4n) is 1.28. The molecule has 0 aliphatic rings. The first-order valence-corrected chi connectivity index (χ1v) is 6.47. The first-order chi connectivity index (χ1) is 8.16. The number of hydrogen-bond donors (Lipinski definition) is 2. The first-order valence-electron chi connectivity index (χ1n) is 4.93. The summed E-state index contributed by atoms with van der Waals surface area (Å²) in [6, 6.07) is 4.97. The molecule has 0 atom stereocenters. The van der Waals surface area contributed by atoms with Crippen LogP contribution in [0.3, 0.4) is 0 Å². The van der Waals surface area contributed by atoms with E-state index in [2.05, 4.69) is 11.2 Å². The molecule has 0 unspecified atom stereocenters. The second-order valence-electron chi connectivity index (χ2n) is 3.15. The van der Waals surface area contributed by atoms with Gasteiger partial charge < -0.3 is 10.4 Å². The lowest BCUT2D eigenvalue weighted by Gasteiger charge is -2.10. The summed E-state index contributed by atoms with van der Waals surface area (Å²) in [6.07, 6.45) is 5.12. The van der Waals surface area contributed by atoms with E-state index in [4.69, 9.17) is 23.1 Å². The van der Waals surface area contributed by atoms with Crippen molar-refractivity contribution < 1.29 is 9.90 Å². The third kappa shape index (κ3) is 4.22. The molecule has 0 radical (unpaired) electrons. The Morgan fingerprint density at radius 1 is 1.59 bits per heavy atom. The normalized spacial score (nSPS) is 9.65. The molecule has 1 rings (SSSR count). The van der Waals surface area contributed by atoms with E-state index >= 15 is 0 Å². The van der Waals surface area contributed by atoms with Crippen LogP contribution in [0.15, 0.2) is 18.2 Å². The minimum atomic E-state index is -1.03. The zero-order chi connectivity index (χ0) is 12.7. The number of halogens is 1. The fraction of sp³-hybridized carbons (Fsp3) is 0.250. The maximum absolute atomic E-state index is 11.0. The van der Waals surface area contributed by atoms with Gasteiger partial charge in [-0.25, -0.2) is 4.79 Å². The molecule has 0 saturated carbocycles. The van der Waals surface area contributed by atoms with Crippen LogP contribution in [0.1, 0.15) is 10.4 Å². The average Bonchev–Trinajstić information content (AvgIpc) is 2.28. The van der Waals surface area contributed by atoms with Gasteiger partial charge in [0.15, 0.2) is 0 Å². The van der Waals surface area contributed by atoms with Crippen LogP contribution < -0.4 is 5.32 Å². The topological polar surface area (TPSA) is 49.3 Å². The molecule has 0 aromatic heterocycles. The van der Waals surface area contributed by atoms with Crippen LogP contribution in [0.5, 0.6) is 0 Å². The van der Waals surface area contributed by atoms with Crippen molar-refractivity contribution in [3.63, 3.8) is 0 Å². The molecule has 0 fully saturated rings. The third-order valence-electron chi connectivity index (χ3n) is 1.97. The molecule has 3 nitrogen and oxygen atoms in total. The Labute approximate surface area is 110 Å². The SMILES string of the molecule is C#CCSCCNc1cccc(Cl)c1C(=O)O. The number of carboxylic acids is 1. The number of carbonyl (C=O) groups is 1. The third-order valence-corrected chi connectivity index (χ3v) is 3.15. The second kappa shape index (κ2) is 7.10. The van der Waals surface area contributed by atoms with Gasteiger partial charge in [0.1, 0.15) is 5.56 Å². The van der Waals surface area contributed by atoms with Crippen molar-refractivity contribution in [2.45, 2.75) is 0 Å². The Hall–Kier alpha value is -1.31. The molecule has 5 heteroatoms. The quantitative estimate of drug-likeness (QED) is 0.616. The predicted octanol–water partition coefficient (Wildman–Crippen LogP) is 2.82. The Kier molecular flexibility index (Phi) is 5.75. The van der Waals surface area contributed by atoms with E-state index in [-0.39, 0.29) is 10.6 Å². The van der Waals surface area contributed by atoms with Gasteiger partial charge in [-0.2, -0.15) is 0 Å². The zero-order valence-corrected chi connectivity index (χ0v) is 10.6. The second-order valence-corrected chi connectivity index (χ2v) is 4.66. The van der Waals surface area contributed by atoms with Gasteiger partial charge in [0.05, 0.1) is 16.5 Å². The number of benzene rings is 1. The highest BCUT2D eigenvalue weighted by atomic mass is 35.5. The lowest BCUT2D eigenvalue weighted by Crippen LogP contribution is -2.09. The number of aromatic carboxylic acids is 1. The summed E-state index contributed by atoms with van der Waals surface area (Å²) in [4.78, 5) is 11.0. The molecule has 2 N–H and O–H groups in total. The van der Waals surface area contributed by atoms with E-state index in [1.54, 1.807) is 30.0 Å². The van der Waals surface area contributed by atoms with Gasteiger partial charge in [-0.15, -0.1) is 18.2 Å². The molecule has 1 aromatic carbocycles. The molecule has 0 aliphatic heterocycles. The Balaban J connectivity index is 2.62. The minimum absolute atomic E-state index is 0.108. The highest BCUT2D eigenvalue weighted by Crippen LogP contribution is 2.24. The summed E-state index contributed by atoms with van der Waals surface area (Å²) in [5, 5.41) is 12.3. The van der Waals surface area contributed by atoms with E-state index in [0.717, 1.165) is 5.75 Å². The van der Waals surface area contributed by atoms with Crippen LogP contribution in [-0.4, -0.2) is 29.1 Å². The molecule has 0 bridgehead atoms. The fourth-order valence-corrected chi connectivity index (χ4v) is 2.04. The lowest BCUT2D eigenvalue weighted by molar-refractivity contribution is 0.0698. The summed E-state index contributed by atoms with van der Waals surface area (Å²) in [5.74, 6) is 2.96. The largest absolute Gasteiger partial charge is 0.478 e. The summed E-state index contributed by atoms with van der Waals surface area (Å²) in [6.45, 7) is 0.646. The first kappa shape index (κ1) is 13.8. The van der Waals surface area contributed by atoms with Crippen molar-refractivity contribution in [2.75, 3.05) is 23.4 Å². The van der Waals surface area contributed by atoms with E-state index < -0.39 is 5.97 Å². The van der Waals surface area contributed by atoms with E-state index in [0.29, 0.717) is 18.0 Å². The van der Waals surface area contributed by atoms with E-state index in [1.165, 1.54) is 0 Å². The number of nitrogens with one attached hydrogen (secondary N) is 1. The van der Waals surface area contributed by atoms with Crippen LogP contribution >= 0.6 is 23.4 Å². The number of carboxylic acid groups (broad SMARTS) is 1. The Bertz CT molecular complexity index is 443. The average molecular weight is 270 g/mol. The lowest BCUT2D eigenvalue weighted by atomic mass is 10.2. The summed E-state index contributed by atoms with van der Waals surface area (Å²) >= 11 is 7.45. The van der Waals surface area contributed by atoms with E-state index in [9.17, 15) is 4.79 Å². The highest BCUT2D eigenvalue weighted by Gasteiger charge is 2.13. The van der Waals surface area contributed by atoms with Gasteiger partial charge in [-0.05, 0) is 12.1 Å². The van der Waals surface area contributed by atoms with Crippen LogP contribution in [0.25, 0.3) is 0 Å². The van der Waals surface area contributed by atoms with Crippen molar-refractivity contribution >= 4 is 35.0 Å². The van der Waals surface area contributed by atoms with Crippen LogP contribution in [0.4, 0.5) is 5.69 Å². The smallest absolute Gasteiger partial charge is 0.339 e. The standard InChI is InChI=1S/C12H12ClNO2S/c1-2-7-17-8-6-14-10-5-3-4-9(13)11(10)12(15)16/h1,3-5,14H,6-8H2,(H,15,16). The number of terminal acetylenes is 1. The Morgan fingerprint density at radius 3 is 3.00 bits per heavy atom. The van der Waals surface area contributed by atoms with Gasteiger partial charge in [0, 0.05) is 12.3 Å². The van der Waals surface area contributed by atoms with Gasteiger partial charge in [0.25, 0.3) is 0 Å². The molecule has 0 spiro atoms. The Morgan fingerprint density at radius 2 is 2.35 bits per heavy atom. The molecule has 17 heavy (non-hydrogen) atoms. The molecule has 1 aromatic rings. The highest BCUT2D eigenvalue weighted by molar-refractivity contribution is 7.99. The zero-order valence-electron chi connectivity index (χ0n) is 9.07. The predicted molar refractivity (Wildman–Crippen MR) is 73.1 cm³/mol. The maximum atomic E-state index is 11.0. The van der Waals surface area contributed by atoms with Gasteiger partial charge in [0.2, 0.25) is 0 Å². The number of rotatable bonds is 6. The summed E-state index contributed by atoms with van der Waals surface area (Å²) < 4.78 is 0. The number of hydrogen-bond acceptors (Lipinski definition) is 3. The summed E-state index contributed by atoms with van der Waals surface area (Å²) in [7, 11) is 0. The van der Waals surface area contributed by atoms with Crippen molar-refractivity contribution in [2.24, 2.45) is 0 Å². The monoisotopic (exact) mass is 269 g/mol. The molecular formula is C12H12ClNO2S. The minimum Gasteiger partial charge on any atom is -0.478 e. The van der Waals surface area contributed by atoms with Crippen molar-refractivity contribution in [3.05, 3.63) is 28.8 Å². The maximum Gasteiger partial charge on any atom is 0.339 e. The molecule has 0 aliphatic carbocycles. The molecule has 0 heterocycles. The number of anilines is 1. The van der Waals surface area contributed by atoms with Gasteiger partial charge in [-0.1, -0.05) is 23.6 Å². The van der Waals surface area contributed by atoms with Crippen LogP contribution in [0.2, 0.25) is 5.02 Å². The summed E-state index contributed by atoms with van der Waals surface area (Å²) in [5.41, 5.74) is 0.641. The molecule has 0 amide bonds. The molecular weight excluding hydrogens is 258 g/mol. The molecule has 0 saturated heterocycles. The number of thioether (sulfide) groups is 1.